The highest BCUT2D eigenvalue weighted by atomic mass is 16.5. The zero-order valence-corrected chi connectivity index (χ0v) is 28.0. The molecule has 0 N–H and O–H groups in total. The molecule has 0 radical (unpaired) electrons. The van der Waals surface area contributed by atoms with Crippen LogP contribution in [-0.4, -0.2) is 102 Å². The molecule has 2 aromatic rings. The zero-order chi connectivity index (χ0) is 33.1. The number of carbonyl (C=O) groups is 2. The molecule has 4 heterocycles. The topological polar surface area (TPSA) is 115 Å². The minimum atomic E-state index is -0.311. The molecule has 1 aliphatic carbocycles. The second-order valence-electron chi connectivity index (χ2n) is 13.4. The van der Waals surface area contributed by atoms with Gasteiger partial charge in [-0.05, 0) is 88.8 Å². The lowest BCUT2D eigenvalue weighted by atomic mass is 9.88. The van der Waals surface area contributed by atoms with Crippen molar-refractivity contribution < 1.29 is 19.1 Å². The lowest BCUT2D eigenvalue weighted by molar-refractivity contribution is -0.128. The van der Waals surface area contributed by atoms with Gasteiger partial charge in [0.05, 0.1) is 36.9 Å². The molecule has 11 heteroatoms. The lowest BCUT2D eigenvalue weighted by Gasteiger charge is -2.43. The summed E-state index contributed by atoms with van der Waals surface area (Å²) in [5, 5.41) is 9.59. The number of piperazine rings is 1. The van der Waals surface area contributed by atoms with Gasteiger partial charge in [0.2, 0.25) is 5.91 Å². The van der Waals surface area contributed by atoms with Crippen LogP contribution < -0.4 is 14.5 Å². The molecule has 0 spiro atoms. The first-order valence-corrected chi connectivity index (χ1v) is 17.1. The number of carbonyl (C=O) groups excluding carboxylic acids is 2. The molecule has 1 unspecified atom stereocenters. The third-order valence-electron chi connectivity index (χ3n) is 10.4. The number of benzene rings is 1. The van der Waals surface area contributed by atoms with Crippen LogP contribution in [0.1, 0.15) is 73.1 Å². The Bertz CT molecular complexity index is 1540. The van der Waals surface area contributed by atoms with Gasteiger partial charge in [0.15, 0.2) is 0 Å². The number of hydrogen-bond acceptors (Lipinski definition) is 10. The van der Waals surface area contributed by atoms with Crippen LogP contribution in [0, 0.1) is 11.3 Å². The lowest BCUT2D eigenvalue weighted by Crippen LogP contribution is -2.55. The average Bonchev–Trinajstić information content (AvgIpc) is 3.58. The summed E-state index contributed by atoms with van der Waals surface area (Å²) in [5.74, 6) is 0.411. The molecule has 6 rings (SSSR count). The number of aromatic nitrogens is 2. The molecule has 250 valence electrons. The summed E-state index contributed by atoms with van der Waals surface area (Å²) >= 11 is 0. The van der Waals surface area contributed by atoms with Crippen molar-refractivity contribution in [3.63, 3.8) is 0 Å². The molecule has 0 saturated carbocycles. The fraction of sp³-hybridized carbons (Fsp3) is 0.583. The van der Waals surface area contributed by atoms with Gasteiger partial charge in [-0.1, -0.05) is 6.58 Å². The van der Waals surface area contributed by atoms with E-state index in [1.54, 1.807) is 4.90 Å². The Hall–Kier alpha value is -4.17. The molecule has 1 aromatic carbocycles. The minimum Gasteiger partial charge on any atom is -0.465 e. The highest BCUT2D eigenvalue weighted by Crippen LogP contribution is 2.37. The molecule has 4 aliphatic rings. The first-order valence-electron chi connectivity index (χ1n) is 17.1. The Morgan fingerprint density at radius 2 is 1.96 bits per heavy atom. The van der Waals surface area contributed by atoms with Gasteiger partial charge in [-0.25, -0.2) is 4.79 Å². The number of nitrogens with zero attached hydrogens (tertiary/aromatic N) is 7. The van der Waals surface area contributed by atoms with Gasteiger partial charge in [0.25, 0.3) is 0 Å². The number of aryl methyl sites for hydroxylation is 1. The van der Waals surface area contributed by atoms with E-state index >= 15 is 0 Å². The summed E-state index contributed by atoms with van der Waals surface area (Å²) in [5.41, 5.74) is 5.09. The third-order valence-corrected chi connectivity index (χ3v) is 10.4. The maximum atomic E-state index is 12.6. The van der Waals surface area contributed by atoms with Gasteiger partial charge in [-0.2, -0.15) is 15.2 Å². The predicted octanol–water partition coefficient (Wildman–Crippen LogP) is 3.94. The Balaban J connectivity index is 1.29. The Morgan fingerprint density at radius 1 is 1.11 bits per heavy atom. The molecule has 1 aromatic heterocycles. The summed E-state index contributed by atoms with van der Waals surface area (Å²) in [6.07, 6.45) is 8.32. The molecule has 47 heavy (non-hydrogen) atoms. The van der Waals surface area contributed by atoms with E-state index in [-0.39, 0.29) is 30.4 Å². The Kier molecular flexibility index (Phi) is 9.97. The first-order chi connectivity index (χ1) is 22.8. The molecule has 3 atom stereocenters. The standard InChI is InChI=1S/C36H47N7O4/c1-5-33(44)43-19-18-40(22-28(43)14-15-37)34-30-12-11-27(42-17-6-8-25-20-26(35(45)46-4)10-13-32(25)42)21-31(30)38-36(39-34)47-23-29-9-7-16-41(29)24(2)3/h5,10,13,20,24,27-29H,1,6-9,11-12,14,16-19,21-23H2,2-4H3/t27?,28-,29-/m0/s1. The summed E-state index contributed by atoms with van der Waals surface area (Å²) in [7, 11) is 1.42. The number of ether oxygens (including phenoxy) is 2. The normalized spacial score (nSPS) is 22.8. The molecular formula is C36H47N7O4. The third kappa shape index (κ3) is 6.79. The number of hydrogen-bond donors (Lipinski definition) is 0. The monoisotopic (exact) mass is 641 g/mol. The van der Waals surface area contributed by atoms with Crippen molar-refractivity contribution in [2.24, 2.45) is 0 Å². The van der Waals surface area contributed by atoms with E-state index < -0.39 is 0 Å². The van der Waals surface area contributed by atoms with E-state index in [2.05, 4.69) is 47.3 Å². The predicted molar refractivity (Wildman–Crippen MR) is 180 cm³/mol. The number of amides is 1. The Labute approximate surface area is 278 Å². The van der Waals surface area contributed by atoms with Gasteiger partial charge in [-0.15, -0.1) is 0 Å². The van der Waals surface area contributed by atoms with Crippen LogP contribution >= 0.6 is 0 Å². The van der Waals surface area contributed by atoms with Crippen molar-refractivity contribution in [2.75, 3.05) is 56.2 Å². The number of anilines is 2. The van der Waals surface area contributed by atoms with Gasteiger partial charge in [0, 0.05) is 62.0 Å². The number of methoxy groups -OCH3 is 1. The van der Waals surface area contributed by atoms with Crippen molar-refractivity contribution in [3.8, 4) is 12.1 Å². The van der Waals surface area contributed by atoms with Gasteiger partial charge >= 0.3 is 12.0 Å². The van der Waals surface area contributed by atoms with Crippen LogP contribution in [0.5, 0.6) is 6.01 Å². The maximum absolute atomic E-state index is 12.6. The van der Waals surface area contributed by atoms with E-state index in [4.69, 9.17) is 19.4 Å². The van der Waals surface area contributed by atoms with Crippen molar-refractivity contribution >= 4 is 23.4 Å². The van der Waals surface area contributed by atoms with Gasteiger partial charge < -0.3 is 24.2 Å². The van der Waals surface area contributed by atoms with Crippen LogP contribution in [0.2, 0.25) is 0 Å². The van der Waals surface area contributed by atoms with Crippen LogP contribution in [-0.2, 0) is 28.8 Å². The van der Waals surface area contributed by atoms with E-state index in [9.17, 15) is 14.9 Å². The molecule has 2 fully saturated rings. The summed E-state index contributed by atoms with van der Waals surface area (Å²) in [6, 6.07) is 9.38. The Morgan fingerprint density at radius 3 is 2.72 bits per heavy atom. The van der Waals surface area contributed by atoms with Crippen molar-refractivity contribution in [1.29, 1.82) is 5.26 Å². The van der Waals surface area contributed by atoms with Crippen LogP contribution in [0.4, 0.5) is 11.5 Å². The van der Waals surface area contributed by atoms with Crippen LogP contribution in [0.15, 0.2) is 30.9 Å². The number of esters is 1. The minimum absolute atomic E-state index is 0.145. The highest BCUT2D eigenvalue weighted by Gasteiger charge is 2.36. The number of rotatable bonds is 9. The molecule has 3 aliphatic heterocycles. The smallest absolute Gasteiger partial charge is 0.337 e. The van der Waals surface area contributed by atoms with E-state index in [1.807, 2.05) is 12.1 Å². The second kappa shape index (κ2) is 14.3. The zero-order valence-electron chi connectivity index (χ0n) is 28.0. The molecule has 1 amide bonds. The summed E-state index contributed by atoms with van der Waals surface area (Å²) in [4.78, 5) is 43.9. The first kappa shape index (κ1) is 32.8. The molecular weight excluding hydrogens is 594 g/mol. The molecule has 11 nitrogen and oxygen atoms in total. The number of fused-ring (bicyclic) bond motifs is 2. The second-order valence-corrected chi connectivity index (χ2v) is 13.4. The van der Waals surface area contributed by atoms with Crippen LogP contribution in [0.3, 0.4) is 0 Å². The van der Waals surface area contributed by atoms with E-state index in [1.165, 1.54) is 24.4 Å². The SMILES string of the molecule is C=CC(=O)N1CCN(c2nc(OC[C@@H]3CCCN3C(C)C)nc3c2CCC(N2CCCc4cc(C(=O)OC)ccc42)C3)C[C@@H]1CC#N. The largest absolute Gasteiger partial charge is 0.465 e. The fourth-order valence-electron chi connectivity index (χ4n) is 8.02. The van der Waals surface area contributed by atoms with Crippen LogP contribution in [0.25, 0.3) is 0 Å². The van der Waals surface area contributed by atoms with E-state index in [0.29, 0.717) is 49.9 Å². The average molecular weight is 642 g/mol. The van der Waals surface area contributed by atoms with Crippen molar-refractivity contribution in [2.45, 2.75) is 89.4 Å². The quantitative estimate of drug-likeness (QED) is 0.295. The van der Waals surface area contributed by atoms with Gasteiger partial charge in [0.1, 0.15) is 12.4 Å². The maximum Gasteiger partial charge on any atom is 0.337 e. The number of likely N-dealkylation sites (tertiary alicyclic amines) is 1. The van der Waals surface area contributed by atoms with E-state index in [0.717, 1.165) is 75.1 Å². The fourth-order valence-corrected chi connectivity index (χ4v) is 8.02. The van der Waals surface area contributed by atoms with Gasteiger partial charge in [-0.3, -0.25) is 9.69 Å². The highest BCUT2D eigenvalue weighted by molar-refractivity contribution is 5.90. The summed E-state index contributed by atoms with van der Waals surface area (Å²) in [6.45, 7) is 12.3. The summed E-state index contributed by atoms with van der Waals surface area (Å²) < 4.78 is 11.4. The van der Waals surface area contributed by atoms with Crippen molar-refractivity contribution in [1.82, 2.24) is 19.8 Å². The number of nitriles is 1. The molecule has 0 bridgehead atoms. The molecule has 2 saturated heterocycles. The van der Waals surface area contributed by atoms with Crippen molar-refractivity contribution in [3.05, 3.63) is 53.2 Å².